The average molecular weight is 399 g/mol. The van der Waals surface area contributed by atoms with Crippen molar-refractivity contribution in [2.24, 2.45) is 5.73 Å². The summed E-state index contributed by atoms with van der Waals surface area (Å²) in [5.41, 5.74) is 8.14. The number of amides is 2. The smallest absolute Gasteiger partial charge is 0.411 e. The molecule has 0 radical (unpaired) electrons. The number of rotatable bonds is 5. The average Bonchev–Trinajstić information content (AvgIpc) is 2.73. The summed E-state index contributed by atoms with van der Waals surface area (Å²) < 4.78 is 18.3. The molecular formula is C22H26FN3O3. The Kier molecular flexibility index (Phi) is 6.82. The molecule has 2 unspecified atom stereocenters. The first-order valence-electron chi connectivity index (χ1n) is 9.74. The third-order valence-electron chi connectivity index (χ3n) is 5.25. The highest BCUT2D eigenvalue weighted by atomic mass is 19.1. The fourth-order valence-corrected chi connectivity index (χ4v) is 3.71. The molecular weight excluding hydrogens is 373 g/mol. The van der Waals surface area contributed by atoms with E-state index in [1.54, 1.807) is 23.1 Å². The maximum atomic E-state index is 13.7. The lowest BCUT2D eigenvalue weighted by Crippen LogP contribution is -2.51. The summed E-state index contributed by atoms with van der Waals surface area (Å²) >= 11 is 0. The van der Waals surface area contributed by atoms with Crippen LogP contribution in [0.5, 0.6) is 0 Å². The molecule has 3 rings (SSSR count). The molecule has 0 saturated heterocycles. The molecule has 0 aromatic heterocycles. The van der Waals surface area contributed by atoms with Gasteiger partial charge < -0.3 is 15.4 Å². The van der Waals surface area contributed by atoms with E-state index in [-0.39, 0.29) is 18.0 Å². The number of hydrogen-bond donors (Lipinski definition) is 2. The lowest BCUT2D eigenvalue weighted by molar-refractivity contribution is 0.0583. The highest BCUT2D eigenvalue weighted by Crippen LogP contribution is 2.26. The zero-order valence-corrected chi connectivity index (χ0v) is 16.4. The van der Waals surface area contributed by atoms with Gasteiger partial charge in [-0.25, -0.2) is 9.18 Å². The summed E-state index contributed by atoms with van der Waals surface area (Å²) in [7, 11) is 1.30. The number of nitrogens with two attached hydrogens (primary N) is 1. The SMILES string of the molecule is COC(=O)Nc1ccc(CN(C(=O)c2cccc(F)c2)C2CCCCC2N)cc1. The van der Waals surface area contributed by atoms with Crippen LogP contribution in [0.4, 0.5) is 14.9 Å². The minimum Gasteiger partial charge on any atom is -0.453 e. The van der Waals surface area contributed by atoms with Crippen molar-refractivity contribution in [2.75, 3.05) is 12.4 Å². The van der Waals surface area contributed by atoms with E-state index in [1.165, 1.54) is 25.3 Å². The number of carbonyl (C=O) groups excluding carboxylic acids is 2. The number of nitrogens with zero attached hydrogens (tertiary/aromatic N) is 1. The van der Waals surface area contributed by atoms with Crippen LogP contribution in [0.1, 0.15) is 41.6 Å². The molecule has 1 saturated carbocycles. The number of methoxy groups -OCH3 is 1. The highest BCUT2D eigenvalue weighted by molar-refractivity contribution is 5.94. The number of anilines is 1. The first kappa shape index (κ1) is 20.8. The fraction of sp³-hybridized carbons (Fsp3) is 0.364. The molecule has 1 aliphatic carbocycles. The van der Waals surface area contributed by atoms with Crippen LogP contribution in [0.25, 0.3) is 0 Å². The molecule has 6 nitrogen and oxygen atoms in total. The Hall–Kier alpha value is -2.93. The van der Waals surface area contributed by atoms with Gasteiger partial charge in [-0.2, -0.15) is 0 Å². The first-order valence-corrected chi connectivity index (χ1v) is 9.74. The Morgan fingerprint density at radius 3 is 2.55 bits per heavy atom. The van der Waals surface area contributed by atoms with Crippen molar-refractivity contribution < 1.29 is 18.7 Å². The van der Waals surface area contributed by atoms with Gasteiger partial charge in [-0.3, -0.25) is 10.1 Å². The summed E-state index contributed by atoms with van der Waals surface area (Å²) in [5, 5.41) is 2.59. The van der Waals surface area contributed by atoms with E-state index >= 15 is 0 Å². The van der Waals surface area contributed by atoms with Crippen molar-refractivity contribution in [3.05, 3.63) is 65.5 Å². The van der Waals surface area contributed by atoms with Crippen LogP contribution in [0.15, 0.2) is 48.5 Å². The second-order valence-electron chi connectivity index (χ2n) is 7.27. The molecule has 2 atom stereocenters. The molecule has 29 heavy (non-hydrogen) atoms. The Morgan fingerprint density at radius 2 is 1.90 bits per heavy atom. The maximum absolute atomic E-state index is 13.7. The van der Waals surface area contributed by atoms with Crippen LogP contribution in [0.3, 0.4) is 0 Å². The van der Waals surface area contributed by atoms with Gasteiger partial charge in [0.05, 0.1) is 7.11 Å². The molecule has 0 bridgehead atoms. The summed E-state index contributed by atoms with van der Waals surface area (Å²) in [6.07, 6.45) is 3.19. The Morgan fingerprint density at radius 1 is 1.17 bits per heavy atom. The minimum atomic E-state index is -0.547. The highest BCUT2D eigenvalue weighted by Gasteiger charge is 2.31. The van der Waals surface area contributed by atoms with Crippen molar-refractivity contribution in [1.82, 2.24) is 4.90 Å². The number of carbonyl (C=O) groups is 2. The quantitative estimate of drug-likeness (QED) is 0.798. The van der Waals surface area contributed by atoms with E-state index in [2.05, 4.69) is 10.1 Å². The largest absolute Gasteiger partial charge is 0.453 e. The van der Waals surface area contributed by atoms with Crippen LogP contribution in [0.2, 0.25) is 0 Å². The fourth-order valence-electron chi connectivity index (χ4n) is 3.71. The maximum Gasteiger partial charge on any atom is 0.411 e. The first-order chi connectivity index (χ1) is 14.0. The number of hydrogen-bond acceptors (Lipinski definition) is 4. The molecule has 1 aliphatic rings. The third kappa shape index (κ3) is 5.32. The van der Waals surface area contributed by atoms with E-state index in [4.69, 9.17) is 5.73 Å². The van der Waals surface area contributed by atoms with Gasteiger partial charge in [-0.05, 0) is 48.7 Å². The van der Waals surface area contributed by atoms with E-state index < -0.39 is 11.9 Å². The zero-order chi connectivity index (χ0) is 20.8. The monoisotopic (exact) mass is 399 g/mol. The topological polar surface area (TPSA) is 84.7 Å². The zero-order valence-electron chi connectivity index (χ0n) is 16.4. The van der Waals surface area contributed by atoms with Crippen molar-refractivity contribution in [2.45, 2.75) is 44.3 Å². The molecule has 0 aliphatic heterocycles. The minimum absolute atomic E-state index is 0.104. The van der Waals surface area contributed by atoms with Gasteiger partial charge in [0.1, 0.15) is 5.82 Å². The van der Waals surface area contributed by atoms with Crippen LogP contribution >= 0.6 is 0 Å². The van der Waals surface area contributed by atoms with Gasteiger partial charge in [0.15, 0.2) is 0 Å². The van der Waals surface area contributed by atoms with Gasteiger partial charge in [0.2, 0.25) is 0 Å². The van der Waals surface area contributed by atoms with Crippen LogP contribution in [0, 0.1) is 5.82 Å². The molecule has 2 aromatic rings. The van der Waals surface area contributed by atoms with Gasteiger partial charge in [-0.1, -0.05) is 31.0 Å². The van der Waals surface area contributed by atoms with Crippen molar-refractivity contribution >= 4 is 17.7 Å². The Balaban J connectivity index is 1.83. The van der Waals surface area contributed by atoms with Crippen LogP contribution in [-0.4, -0.2) is 36.1 Å². The lowest BCUT2D eigenvalue weighted by Gasteiger charge is -2.38. The summed E-state index contributed by atoms with van der Waals surface area (Å²) in [4.78, 5) is 26.3. The van der Waals surface area contributed by atoms with E-state index in [9.17, 15) is 14.0 Å². The van der Waals surface area contributed by atoms with Gasteiger partial charge in [0.25, 0.3) is 5.91 Å². The number of ether oxygens (including phenoxy) is 1. The van der Waals surface area contributed by atoms with Crippen molar-refractivity contribution in [3.8, 4) is 0 Å². The second-order valence-corrected chi connectivity index (χ2v) is 7.27. The molecule has 154 valence electrons. The van der Waals surface area contributed by atoms with Crippen molar-refractivity contribution in [3.63, 3.8) is 0 Å². The Labute approximate surface area is 169 Å². The third-order valence-corrected chi connectivity index (χ3v) is 5.25. The van der Waals surface area contributed by atoms with E-state index in [0.717, 1.165) is 31.2 Å². The Bertz CT molecular complexity index is 857. The summed E-state index contributed by atoms with van der Waals surface area (Å²) in [5.74, 6) is -0.675. The number of nitrogens with one attached hydrogen (secondary N) is 1. The van der Waals surface area contributed by atoms with Crippen LogP contribution in [-0.2, 0) is 11.3 Å². The normalized spacial score (nSPS) is 18.7. The van der Waals surface area contributed by atoms with Gasteiger partial charge in [0, 0.05) is 29.9 Å². The number of halogens is 1. The van der Waals surface area contributed by atoms with Crippen molar-refractivity contribution in [1.29, 1.82) is 0 Å². The summed E-state index contributed by atoms with van der Waals surface area (Å²) in [6.45, 7) is 0.353. The molecule has 3 N–H and O–H groups in total. The predicted molar refractivity (Wildman–Crippen MR) is 109 cm³/mol. The summed E-state index contributed by atoms with van der Waals surface area (Å²) in [6, 6.07) is 12.7. The standard InChI is InChI=1S/C22H26FN3O3/c1-29-22(28)25-18-11-9-15(10-12-18)14-26(20-8-3-2-7-19(20)24)21(27)16-5-4-6-17(23)13-16/h4-6,9-13,19-20H,2-3,7-8,14,24H2,1H3,(H,25,28). The second kappa shape index (κ2) is 9.52. The predicted octanol–water partition coefficient (Wildman–Crippen LogP) is 3.92. The van der Waals surface area contributed by atoms with Gasteiger partial charge in [-0.15, -0.1) is 0 Å². The van der Waals surface area contributed by atoms with Crippen LogP contribution < -0.4 is 11.1 Å². The number of benzene rings is 2. The molecule has 2 aromatic carbocycles. The molecule has 0 heterocycles. The van der Waals surface area contributed by atoms with Gasteiger partial charge >= 0.3 is 6.09 Å². The molecule has 0 spiro atoms. The molecule has 2 amide bonds. The molecule has 7 heteroatoms. The molecule has 1 fully saturated rings. The lowest BCUT2D eigenvalue weighted by atomic mass is 9.89. The van der Waals surface area contributed by atoms with E-state index in [1.807, 2.05) is 12.1 Å². The van der Waals surface area contributed by atoms with E-state index in [0.29, 0.717) is 17.8 Å².